The average molecular weight is 137 g/mol. The van der Waals surface area contributed by atoms with Crippen LogP contribution in [0, 0.1) is 0 Å². The van der Waals surface area contributed by atoms with Crippen molar-refractivity contribution in [3.05, 3.63) is 36.6 Å². The van der Waals surface area contributed by atoms with Crippen LogP contribution in [-0.4, -0.2) is 6.54 Å². The highest BCUT2D eigenvalue weighted by Crippen LogP contribution is 1.84. The largest absolute Gasteiger partial charge is 0.385 e. The first-order valence-corrected chi connectivity index (χ1v) is 3.45. The van der Waals surface area contributed by atoms with Crippen molar-refractivity contribution in [2.45, 2.75) is 13.8 Å². The molecule has 56 valence electrons. The molecule has 10 heavy (non-hydrogen) atoms. The minimum Gasteiger partial charge on any atom is -0.385 e. The third-order valence-corrected chi connectivity index (χ3v) is 1.10. The Bertz CT molecular complexity index is 143. The second-order valence-corrected chi connectivity index (χ2v) is 2.04. The van der Waals surface area contributed by atoms with Gasteiger partial charge in [-0.1, -0.05) is 24.8 Å². The molecule has 0 aromatic carbocycles. The lowest BCUT2D eigenvalue weighted by Crippen LogP contribution is -2.09. The molecule has 1 N–H and O–H groups in total. The molecule has 0 fully saturated rings. The molecule has 0 aromatic heterocycles. The van der Waals surface area contributed by atoms with Gasteiger partial charge in [0.05, 0.1) is 0 Å². The summed E-state index contributed by atoms with van der Waals surface area (Å²) in [5, 5.41) is 3.19. The first-order valence-electron chi connectivity index (χ1n) is 3.45. The molecule has 0 unspecified atom stereocenters. The molecule has 1 nitrogen and oxygen atoms in total. The van der Waals surface area contributed by atoms with E-state index in [-0.39, 0.29) is 0 Å². The molecule has 0 aromatic rings. The molecule has 0 saturated carbocycles. The quantitative estimate of drug-likeness (QED) is 0.463. The lowest BCUT2D eigenvalue weighted by molar-refractivity contribution is 0.904. The molecule has 0 aliphatic rings. The Morgan fingerprint density at radius 2 is 2.30 bits per heavy atom. The maximum atomic E-state index is 3.59. The van der Waals surface area contributed by atoms with Crippen LogP contribution < -0.4 is 5.32 Å². The van der Waals surface area contributed by atoms with Crippen LogP contribution in [0.4, 0.5) is 0 Å². The van der Waals surface area contributed by atoms with Crippen molar-refractivity contribution < 1.29 is 0 Å². The monoisotopic (exact) mass is 137 g/mol. The predicted octanol–water partition coefficient (Wildman–Crippen LogP) is 2.24. The van der Waals surface area contributed by atoms with Crippen LogP contribution in [0.15, 0.2) is 36.6 Å². The zero-order valence-corrected chi connectivity index (χ0v) is 6.72. The van der Waals surface area contributed by atoms with Crippen LogP contribution in [0.1, 0.15) is 13.8 Å². The Kier molecular flexibility index (Phi) is 5.54. The van der Waals surface area contributed by atoms with Gasteiger partial charge in [-0.2, -0.15) is 0 Å². The lowest BCUT2D eigenvalue weighted by Gasteiger charge is -1.99. The van der Waals surface area contributed by atoms with E-state index in [0.29, 0.717) is 0 Å². The number of rotatable bonds is 4. The van der Waals surface area contributed by atoms with E-state index in [0.717, 1.165) is 12.2 Å². The summed E-state index contributed by atoms with van der Waals surface area (Å²) in [7, 11) is 0. The van der Waals surface area contributed by atoms with Crippen molar-refractivity contribution >= 4 is 0 Å². The normalized spacial score (nSPS) is 12.0. The standard InChI is InChI=1S/C9H15N/c1-4-6-8-10-9(3)7-5-2/h4-7,10H,2,8H2,1,3H3/b6-4-,9-7+. The van der Waals surface area contributed by atoms with Crippen LogP contribution in [-0.2, 0) is 0 Å². The van der Waals surface area contributed by atoms with Crippen LogP contribution in [0.2, 0.25) is 0 Å². The van der Waals surface area contributed by atoms with Crippen molar-refractivity contribution in [1.82, 2.24) is 5.32 Å². The zero-order chi connectivity index (χ0) is 7.82. The SMILES string of the molecule is C=C/C=C(\C)NC/C=C\C. The van der Waals surface area contributed by atoms with Crippen LogP contribution >= 0.6 is 0 Å². The van der Waals surface area contributed by atoms with E-state index in [2.05, 4.69) is 18.0 Å². The van der Waals surface area contributed by atoms with Gasteiger partial charge >= 0.3 is 0 Å². The number of hydrogen-bond acceptors (Lipinski definition) is 1. The summed E-state index contributed by atoms with van der Waals surface area (Å²) in [5.74, 6) is 0. The van der Waals surface area contributed by atoms with Gasteiger partial charge in [-0.05, 0) is 19.9 Å². The van der Waals surface area contributed by atoms with E-state index < -0.39 is 0 Å². The van der Waals surface area contributed by atoms with Crippen molar-refractivity contribution in [3.8, 4) is 0 Å². The molecular formula is C9H15N. The van der Waals surface area contributed by atoms with Gasteiger partial charge < -0.3 is 5.32 Å². The first-order chi connectivity index (χ1) is 4.81. The highest BCUT2D eigenvalue weighted by atomic mass is 14.9. The highest BCUT2D eigenvalue weighted by molar-refractivity contribution is 5.06. The lowest BCUT2D eigenvalue weighted by atomic mass is 10.4. The van der Waals surface area contributed by atoms with Gasteiger partial charge in [-0.3, -0.25) is 0 Å². The van der Waals surface area contributed by atoms with E-state index in [1.165, 1.54) is 0 Å². The van der Waals surface area contributed by atoms with Crippen molar-refractivity contribution in [1.29, 1.82) is 0 Å². The fraction of sp³-hybridized carbons (Fsp3) is 0.333. The Labute approximate surface area is 63.1 Å². The minimum absolute atomic E-state index is 0.896. The fourth-order valence-corrected chi connectivity index (χ4v) is 0.573. The Morgan fingerprint density at radius 3 is 2.80 bits per heavy atom. The molecule has 0 spiro atoms. The van der Waals surface area contributed by atoms with E-state index in [9.17, 15) is 0 Å². The molecule has 0 bridgehead atoms. The third kappa shape index (κ3) is 5.16. The summed E-state index contributed by atoms with van der Waals surface area (Å²) in [5.41, 5.74) is 1.15. The molecule has 0 rings (SSSR count). The van der Waals surface area contributed by atoms with E-state index in [4.69, 9.17) is 0 Å². The van der Waals surface area contributed by atoms with E-state index >= 15 is 0 Å². The van der Waals surface area contributed by atoms with E-state index in [1.54, 1.807) is 6.08 Å². The predicted molar refractivity (Wildman–Crippen MR) is 46.8 cm³/mol. The Hall–Kier alpha value is -0.980. The van der Waals surface area contributed by atoms with Gasteiger partial charge in [0.15, 0.2) is 0 Å². The average Bonchev–Trinajstić information content (AvgIpc) is 1.89. The molecule has 0 aliphatic heterocycles. The molecule has 0 saturated heterocycles. The topological polar surface area (TPSA) is 12.0 Å². The van der Waals surface area contributed by atoms with Gasteiger partial charge in [-0.25, -0.2) is 0 Å². The summed E-state index contributed by atoms with van der Waals surface area (Å²) in [6, 6.07) is 0. The van der Waals surface area contributed by atoms with E-state index in [1.807, 2.05) is 26.0 Å². The Balaban J connectivity index is 3.48. The molecule has 0 aliphatic carbocycles. The maximum Gasteiger partial charge on any atom is 0.0327 e. The Morgan fingerprint density at radius 1 is 1.60 bits per heavy atom. The maximum absolute atomic E-state index is 3.59. The van der Waals surface area contributed by atoms with Crippen molar-refractivity contribution in [2.24, 2.45) is 0 Å². The molecule has 1 heteroatoms. The summed E-state index contributed by atoms with van der Waals surface area (Å²) >= 11 is 0. The molecule has 0 radical (unpaired) electrons. The minimum atomic E-state index is 0.896. The van der Waals surface area contributed by atoms with Crippen LogP contribution in [0.5, 0.6) is 0 Å². The molecular weight excluding hydrogens is 122 g/mol. The number of allylic oxidation sites excluding steroid dienone is 4. The van der Waals surface area contributed by atoms with Crippen LogP contribution in [0.25, 0.3) is 0 Å². The fourth-order valence-electron chi connectivity index (χ4n) is 0.573. The van der Waals surface area contributed by atoms with Gasteiger partial charge in [0.2, 0.25) is 0 Å². The van der Waals surface area contributed by atoms with Gasteiger partial charge in [0.1, 0.15) is 0 Å². The second kappa shape index (κ2) is 6.14. The smallest absolute Gasteiger partial charge is 0.0327 e. The number of hydrogen-bond donors (Lipinski definition) is 1. The molecule has 0 atom stereocenters. The summed E-state index contributed by atoms with van der Waals surface area (Å²) in [6.45, 7) is 8.52. The second-order valence-electron chi connectivity index (χ2n) is 2.04. The number of nitrogens with one attached hydrogen (secondary N) is 1. The summed E-state index contributed by atoms with van der Waals surface area (Å²) in [4.78, 5) is 0. The van der Waals surface area contributed by atoms with Crippen molar-refractivity contribution in [2.75, 3.05) is 6.54 Å². The summed E-state index contributed by atoms with van der Waals surface area (Å²) < 4.78 is 0. The van der Waals surface area contributed by atoms with Gasteiger partial charge in [-0.15, -0.1) is 0 Å². The molecule has 0 heterocycles. The zero-order valence-electron chi connectivity index (χ0n) is 6.72. The third-order valence-electron chi connectivity index (χ3n) is 1.10. The highest BCUT2D eigenvalue weighted by Gasteiger charge is 1.79. The van der Waals surface area contributed by atoms with Gasteiger partial charge in [0, 0.05) is 12.2 Å². The molecule has 0 amide bonds. The van der Waals surface area contributed by atoms with Crippen LogP contribution in [0.3, 0.4) is 0 Å². The van der Waals surface area contributed by atoms with Crippen molar-refractivity contribution in [3.63, 3.8) is 0 Å². The van der Waals surface area contributed by atoms with Gasteiger partial charge in [0.25, 0.3) is 0 Å². The first kappa shape index (κ1) is 9.02. The summed E-state index contributed by atoms with van der Waals surface area (Å²) in [6.07, 6.45) is 7.82.